The molecule has 0 spiro atoms. The Kier molecular flexibility index (Phi) is 5.25. The van der Waals surface area contributed by atoms with E-state index in [0.29, 0.717) is 5.57 Å². The van der Waals surface area contributed by atoms with E-state index in [1.807, 2.05) is 67.6 Å². The van der Waals surface area contributed by atoms with Crippen molar-refractivity contribution in [1.82, 2.24) is 4.90 Å². The van der Waals surface area contributed by atoms with Crippen LogP contribution < -0.4 is 0 Å². The van der Waals surface area contributed by atoms with Crippen LogP contribution in [-0.2, 0) is 4.79 Å². The molecule has 0 saturated heterocycles. The van der Waals surface area contributed by atoms with Gasteiger partial charge in [0.05, 0.1) is 22.6 Å². The number of hydrogen-bond acceptors (Lipinski definition) is 3. The summed E-state index contributed by atoms with van der Waals surface area (Å²) in [6.45, 7) is 2.03. The smallest absolute Gasteiger partial charge is 0.235 e. The molecule has 1 heterocycles. The second-order valence-electron chi connectivity index (χ2n) is 5.94. The van der Waals surface area contributed by atoms with Crippen molar-refractivity contribution in [2.24, 2.45) is 0 Å². The van der Waals surface area contributed by atoms with E-state index in [9.17, 15) is 10.1 Å². The molecular weight excluding hydrogens is 328 g/mol. The molecule has 126 valence electrons. The lowest BCUT2D eigenvalue weighted by Crippen LogP contribution is -2.39. The van der Waals surface area contributed by atoms with Crippen LogP contribution in [0.3, 0.4) is 0 Å². The van der Waals surface area contributed by atoms with Crippen molar-refractivity contribution in [3.05, 3.63) is 82.4 Å². The summed E-state index contributed by atoms with van der Waals surface area (Å²) in [6.07, 6.45) is 0. The Balaban J connectivity index is 2.23. The largest absolute Gasteiger partial charge is 0.309 e. The lowest BCUT2D eigenvalue weighted by Gasteiger charge is -2.37. The molecule has 3 rings (SSSR count). The van der Waals surface area contributed by atoms with E-state index < -0.39 is 0 Å². The summed E-state index contributed by atoms with van der Waals surface area (Å²) in [6, 6.07) is 22.1. The van der Waals surface area contributed by atoms with Crippen molar-refractivity contribution >= 4 is 17.7 Å². The van der Waals surface area contributed by atoms with Crippen molar-refractivity contribution in [3.63, 3.8) is 0 Å². The Hall–Kier alpha value is -2.51. The molecule has 3 nitrogen and oxygen atoms in total. The maximum absolute atomic E-state index is 13.2. The number of allylic oxidation sites excluding steroid dienone is 1. The third kappa shape index (κ3) is 3.20. The van der Waals surface area contributed by atoms with Crippen LogP contribution >= 0.6 is 11.8 Å². The van der Waals surface area contributed by atoms with Gasteiger partial charge in [0.15, 0.2) is 0 Å². The van der Waals surface area contributed by atoms with Gasteiger partial charge in [-0.3, -0.25) is 4.79 Å². The zero-order valence-corrected chi connectivity index (χ0v) is 15.2. The average molecular weight is 348 g/mol. The SMILES string of the molecule is CCSC1=C(C#N)C(c2ccccc2)C(c2ccccc2)C(=O)N1C. The molecule has 1 aliphatic heterocycles. The fourth-order valence-electron chi connectivity index (χ4n) is 3.38. The van der Waals surface area contributed by atoms with Crippen LogP contribution in [0.25, 0.3) is 0 Å². The quantitative estimate of drug-likeness (QED) is 0.816. The van der Waals surface area contributed by atoms with Gasteiger partial charge in [-0.05, 0) is 16.9 Å². The highest BCUT2D eigenvalue weighted by Gasteiger charge is 2.42. The van der Waals surface area contributed by atoms with Crippen LogP contribution in [0.4, 0.5) is 0 Å². The summed E-state index contributed by atoms with van der Waals surface area (Å²) in [5.74, 6) is 0.209. The first-order valence-corrected chi connectivity index (χ1v) is 9.32. The van der Waals surface area contributed by atoms with Crippen LogP contribution in [0.5, 0.6) is 0 Å². The maximum Gasteiger partial charge on any atom is 0.235 e. The molecule has 0 bridgehead atoms. The van der Waals surface area contributed by atoms with E-state index in [0.717, 1.165) is 21.9 Å². The Morgan fingerprint density at radius 1 is 1.00 bits per heavy atom. The lowest BCUT2D eigenvalue weighted by molar-refractivity contribution is -0.130. The predicted molar refractivity (Wildman–Crippen MR) is 102 cm³/mol. The highest BCUT2D eigenvalue weighted by atomic mass is 32.2. The predicted octanol–water partition coefficient (Wildman–Crippen LogP) is 4.51. The molecule has 1 aliphatic rings. The van der Waals surface area contributed by atoms with Gasteiger partial charge in [0.2, 0.25) is 5.91 Å². The van der Waals surface area contributed by atoms with Gasteiger partial charge >= 0.3 is 0 Å². The fraction of sp³-hybridized carbons (Fsp3) is 0.238. The summed E-state index contributed by atoms with van der Waals surface area (Å²) < 4.78 is 0. The number of benzene rings is 2. The molecule has 0 aliphatic carbocycles. The van der Waals surface area contributed by atoms with Gasteiger partial charge in [0.1, 0.15) is 0 Å². The first-order valence-electron chi connectivity index (χ1n) is 8.33. The van der Waals surface area contributed by atoms with Gasteiger partial charge in [-0.25, -0.2) is 0 Å². The molecule has 0 N–H and O–H groups in total. The topological polar surface area (TPSA) is 44.1 Å². The van der Waals surface area contributed by atoms with Crippen molar-refractivity contribution in [3.8, 4) is 6.07 Å². The zero-order valence-electron chi connectivity index (χ0n) is 14.3. The first-order chi connectivity index (χ1) is 12.2. The molecule has 0 aromatic heterocycles. The number of likely N-dealkylation sites (N-methyl/N-ethyl adjacent to an activating group) is 1. The molecule has 0 radical (unpaired) electrons. The number of nitrogens with zero attached hydrogens (tertiary/aromatic N) is 2. The molecule has 0 fully saturated rings. The van der Waals surface area contributed by atoms with E-state index in [1.165, 1.54) is 0 Å². The lowest BCUT2D eigenvalue weighted by atomic mass is 9.75. The highest BCUT2D eigenvalue weighted by Crippen LogP contribution is 2.47. The van der Waals surface area contributed by atoms with Gasteiger partial charge in [-0.15, -0.1) is 11.8 Å². The van der Waals surface area contributed by atoms with E-state index in [1.54, 1.807) is 23.7 Å². The van der Waals surface area contributed by atoms with Crippen LogP contribution in [-0.4, -0.2) is 23.6 Å². The van der Waals surface area contributed by atoms with Gasteiger partial charge in [-0.1, -0.05) is 67.6 Å². The average Bonchev–Trinajstić information content (AvgIpc) is 2.66. The highest BCUT2D eigenvalue weighted by molar-refractivity contribution is 8.03. The van der Waals surface area contributed by atoms with Crippen molar-refractivity contribution in [1.29, 1.82) is 5.26 Å². The van der Waals surface area contributed by atoms with E-state index in [4.69, 9.17) is 0 Å². The van der Waals surface area contributed by atoms with Crippen LogP contribution in [0.1, 0.15) is 29.9 Å². The summed E-state index contributed by atoms with van der Waals surface area (Å²) in [7, 11) is 1.77. The third-order valence-corrected chi connectivity index (χ3v) is 5.55. The number of hydrogen-bond donors (Lipinski definition) is 0. The molecule has 0 saturated carbocycles. The second kappa shape index (κ2) is 7.58. The van der Waals surface area contributed by atoms with Crippen molar-refractivity contribution in [2.45, 2.75) is 18.8 Å². The number of nitriles is 1. The minimum atomic E-state index is -0.385. The summed E-state index contributed by atoms with van der Waals surface area (Å²) in [5, 5.41) is 10.7. The Labute approximate surface area is 153 Å². The zero-order chi connectivity index (χ0) is 17.8. The summed E-state index contributed by atoms with van der Waals surface area (Å²) >= 11 is 1.55. The molecule has 2 atom stereocenters. The number of carbonyl (C=O) groups excluding carboxylic acids is 1. The monoisotopic (exact) mass is 348 g/mol. The summed E-state index contributed by atoms with van der Waals surface area (Å²) in [4.78, 5) is 14.9. The maximum atomic E-state index is 13.2. The van der Waals surface area contributed by atoms with Crippen molar-refractivity contribution < 1.29 is 4.79 Å². The van der Waals surface area contributed by atoms with Crippen molar-refractivity contribution in [2.75, 3.05) is 12.8 Å². The minimum Gasteiger partial charge on any atom is -0.309 e. The normalized spacial score (nSPS) is 20.5. The van der Waals surface area contributed by atoms with Crippen LogP contribution in [0.2, 0.25) is 0 Å². The molecule has 1 amide bonds. The van der Waals surface area contributed by atoms with Gasteiger partial charge in [0.25, 0.3) is 0 Å². The minimum absolute atomic E-state index is 0.0370. The first kappa shape index (κ1) is 17.3. The molecule has 2 unspecified atom stereocenters. The Morgan fingerprint density at radius 2 is 1.52 bits per heavy atom. The fourth-order valence-corrected chi connectivity index (χ4v) is 4.26. The standard InChI is InChI=1S/C21H20N2OS/c1-3-25-21-17(14-22)18(15-10-6-4-7-11-15)19(20(24)23(21)2)16-12-8-5-9-13-16/h4-13,18-19H,3H2,1-2H3. The number of carbonyl (C=O) groups is 1. The molecule has 2 aromatic carbocycles. The van der Waals surface area contributed by atoms with Gasteiger partial charge < -0.3 is 4.90 Å². The second-order valence-corrected chi connectivity index (χ2v) is 7.19. The summed E-state index contributed by atoms with van der Waals surface area (Å²) in [5.41, 5.74) is 2.62. The third-order valence-electron chi connectivity index (χ3n) is 4.49. The molecular formula is C21H20N2OS. The van der Waals surface area contributed by atoms with Gasteiger partial charge in [0, 0.05) is 13.0 Å². The van der Waals surface area contributed by atoms with Crippen LogP contribution in [0, 0.1) is 11.3 Å². The molecule has 25 heavy (non-hydrogen) atoms. The number of amides is 1. The molecule has 2 aromatic rings. The number of thioether (sulfide) groups is 1. The number of rotatable bonds is 4. The molecule has 4 heteroatoms. The Bertz CT molecular complexity index is 824. The van der Waals surface area contributed by atoms with E-state index in [-0.39, 0.29) is 17.7 Å². The van der Waals surface area contributed by atoms with Crippen LogP contribution in [0.15, 0.2) is 71.3 Å². The van der Waals surface area contributed by atoms with E-state index in [2.05, 4.69) is 6.07 Å². The van der Waals surface area contributed by atoms with E-state index >= 15 is 0 Å². The Morgan fingerprint density at radius 3 is 2.00 bits per heavy atom. The van der Waals surface area contributed by atoms with Gasteiger partial charge in [-0.2, -0.15) is 5.26 Å².